The maximum atomic E-state index is 12.1. The molecule has 1 aromatic carbocycles. The molecule has 27 heavy (non-hydrogen) atoms. The highest BCUT2D eigenvalue weighted by atomic mass is 32.2. The van der Waals surface area contributed by atoms with Gasteiger partial charge in [0, 0.05) is 24.9 Å². The molecule has 3 aromatic rings. The van der Waals surface area contributed by atoms with E-state index in [1.807, 2.05) is 35.7 Å². The Morgan fingerprint density at radius 1 is 1.15 bits per heavy atom. The first-order valence-electron chi connectivity index (χ1n) is 8.65. The number of amides is 1. The van der Waals surface area contributed by atoms with Gasteiger partial charge in [0.05, 0.1) is 10.6 Å². The standard InChI is InChI=1S/C19H22N4O3S/c1-14-17(23-13-3-2-4-18(23)22-14)9-10-19(24)21-12-11-15-5-7-16(8-6-15)27(20,25)26/h2-8,13H,9-12H2,1H3,(H,21,24)(H2,20,25,26). The van der Waals surface area contributed by atoms with Crippen LogP contribution in [0.3, 0.4) is 0 Å². The molecule has 7 nitrogen and oxygen atoms in total. The largest absolute Gasteiger partial charge is 0.356 e. The van der Waals surface area contributed by atoms with E-state index in [2.05, 4.69) is 10.3 Å². The van der Waals surface area contributed by atoms with Crippen molar-refractivity contribution in [2.24, 2.45) is 5.14 Å². The maximum Gasteiger partial charge on any atom is 0.238 e. The van der Waals surface area contributed by atoms with Crippen molar-refractivity contribution in [3.63, 3.8) is 0 Å². The van der Waals surface area contributed by atoms with Crippen LogP contribution in [0, 0.1) is 6.92 Å². The Kier molecular flexibility index (Phi) is 5.57. The Labute approximate surface area is 158 Å². The fraction of sp³-hybridized carbons (Fsp3) is 0.263. The molecule has 3 rings (SSSR count). The zero-order valence-corrected chi connectivity index (χ0v) is 15.9. The molecule has 0 saturated carbocycles. The van der Waals surface area contributed by atoms with Gasteiger partial charge >= 0.3 is 0 Å². The van der Waals surface area contributed by atoms with Gasteiger partial charge in [-0.1, -0.05) is 18.2 Å². The summed E-state index contributed by atoms with van der Waals surface area (Å²) in [5.74, 6) is -0.0264. The topological polar surface area (TPSA) is 107 Å². The molecule has 0 spiro atoms. The number of imidazole rings is 1. The lowest BCUT2D eigenvalue weighted by atomic mass is 10.1. The van der Waals surface area contributed by atoms with Crippen LogP contribution in [0.2, 0.25) is 0 Å². The number of aromatic nitrogens is 2. The van der Waals surface area contributed by atoms with Crippen LogP contribution in [0.15, 0.2) is 53.6 Å². The van der Waals surface area contributed by atoms with Gasteiger partial charge in [0.1, 0.15) is 5.65 Å². The summed E-state index contributed by atoms with van der Waals surface area (Å²) < 4.78 is 24.5. The van der Waals surface area contributed by atoms with Crippen LogP contribution >= 0.6 is 0 Å². The SMILES string of the molecule is Cc1nc2ccccn2c1CCC(=O)NCCc1ccc(S(N)(=O)=O)cc1. The van der Waals surface area contributed by atoms with Gasteiger partial charge in [0.25, 0.3) is 0 Å². The predicted octanol–water partition coefficient (Wildman–Crippen LogP) is 1.58. The predicted molar refractivity (Wildman–Crippen MR) is 103 cm³/mol. The van der Waals surface area contributed by atoms with Crippen molar-refractivity contribution >= 4 is 21.6 Å². The van der Waals surface area contributed by atoms with Crippen molar-refractivity contribution in [1.82, 2.24) is 14.7 Å². The average Bonchev–Trinajstić information content (AvgIpc) is 2.95. The highest BCUT2D eigenvalue weighted by Gasteiger charge is 2.10. The molecule has 0 unspecified atom stereocenters. The molecule has 1 amide bonds. The van der Waals surface area contributed by atoms with E-state index in [-0.39, 0.29) is 10.8 Å². The van der Waals surface area contributed by atoms with Crippen LogP contribution in [0.4, 0.5) is 0 Å². The second-order valence-electron chi connectivity index (χ2n) is 6.36. The number of nitrogens with one attached hydrogen (secondary N) is 1. The second-order valence-corrected chi connectivity index (χ2v) is 7.92. The van der Waals surface area contributed by atoms with E-state index in [1.54, 1.807) is 12.1 Å². The number of hydrogen-bond donors (Lipinski definition) is 2. The molecule has 0 saturated heterocycles. The molecule has 2 heterocycles. The van der Waals surface area contributed by atoms with Crippen molar-refractivity contribution in [1.29, 1.82) is 0 Å². The number of primary sulfonamides is 1. The number of hydrogen-bond acceptors (Lipinski definition) is 4. The number of pyridine rings is 1. The molecule has 0 atom stereocenters. The van der Waals surface area contributed by atoms with Gasteiger partial charge in [-0.2, -0.15) is 0 Å². The summed E-state index contributed by atoms with van der Waals surface area (Å²) in [5.41, 5.74) is 3.79. The van der Waals surface area contributed by atoms with E-state index in [4.69, 9.17) is 5.14 Å². The van der Waals surface area contributed by atoms with Crippen LogP contribution in [-0.4, -0.2) is 30.3 Å². The van der Waals surface area contributed by atoms with Gasteiger partial charge in [0.2, 0.25) is 15.9 Å². The van der Waals surface area contributed by atoms with E-state index in [0.29, 0.717) is 25.8 Å². The molecule has 0 aliphatic carbocycles. The zero-order valence-electron chi connectivity index (χ0n) is 15.1. The number of carbonyl (C=O) groups is 1. The first kappa shape index (κ1) is 19.1. The lowest BCUT2D eigenvalue weighted by Gasteiger charge is -2.07. The summed E-state index contributed by atoms with van der Waals surface area (Å²) in [4.78, 5) is 16.7. The van der Waals surface area contributed by atoms with Gasteiger partial charge in [-0.15, -0.1) is 0 Å². The quantitative estimate of drug-likeness (QED) is 0.643. The van der Waals surface area contributed by atoms with E-state index >= 15 is 0 Å². The van der Waals surface area contributed by atoms with Crippen molar-refractivity contribution in [2.75, 3.05) is 6.54 Å². The summed E-state index contributed by atoms with van der Waals surface area (Å²) in [6, 6.07) is 12.2. The molecule has 142 valence electrons. The van der Waals surface area contributed by atoms with E-state index < -0.39 is 10.0 Å². The molecule has 0 aliphatic heterocycles. The fourth-order valence-electron chi connectivity index (χ4n) is 2.98. The Bertz CT molecular complexity index is 1060. The normalized spacial score (nSPS) is 11.6. The zero-order chi connectivity index (χ0) is 19.4. The molecule has 2 aromatic heterocycles. The Balaban J connectivity index is 1.49. The summed E-state index contributed by atoms with van der Waals surface area (Å²) in [7, 11) is -3.68. The van der Waals surface area contributed by atoms with Gasteiger partial charge in [0.15, 0.2) is 0 Å². The van der Waals surface area contributed by atoms with Gasteiger partial charge in [-0.3, -0.25) is 4.79 Å². The third-order valence-electron chi connectivity index (χ3n) is 4.41. The molecule has 0 aliphatic rings. The highest BCUT2D eigenvalue weighted by Crippen LogP contribution is 2.13. The summed E-state index contributed by atoms with van der Waals surface area (Å²) >= 11 is 0. The highest BCUT2D eigenvalue weighted by molar-refractivity contribution is 7.89. The third kappa shape index (κ3) is 4.72. The lowest BCUT2D eigenvalue weighted by molar-refractivity contribution is -0.121. The number of nitrogens with two attached hydrogens (primary N) is 1. The minimum Gasteiger partial charge on any atom is -0.356 e. The van der Waals surface area contributed by atoms with Crippen molar-refractivity contribution < 1.29 is 13.2 Å². The third-order valence-corrected chi connectivity index (χ3v) is 5.33. The fourth-order valence-corrected chi connectivity index (χ4v) is 3.49. The lowest BCUT2D eigenvalue weighted by Crippen LogP contribution is -2.26. The first-order chi connectivity index (χ1) is 12.8. The van der Waals surface area contributed by atoms with Crippen LogP contribution in [0.25, 0.3) is 5.65 Å². The molecule has 0 fully saturated rings. The Morgan fingerprint density at radius 3 is 2.59 bits per heavy atom. The molecule has 0 radical (unpaired) electrons. The van der Waals surface area contributed by atoms with Crippen molar-refractivity contribution in [2.45, 2.75) is 31.1 Å². The van der Waals surface area contributed by atoms with Gasteiger partial charge in [-0.25, -0.2) is 18.5 Å². The number of rotatable bonds is 7. The molecule has 3 N–H and O–H groups in total. The van der Waals surface area contributed by atoms with E-state index in [1.165, 1.54) is 12.1 Å². The smallest absolute Gasteiger partial charge is 0.238 e. The first-order valence-corrected chi connectivity index (χ1v) is 10.2. The Morgan fingerprint density at radius 2 is 1.89 bits per heavy atom. The number of benzene rings is 1. The monoisotopic (exact) mass is 386 g/mol. The van der Waals surface area contributed by atoms with Crippen molar-refractivity contribution in [3.05, 3.63) is 65.6 Å². The number of sulfonamides is 1. The number of nitrogens with zero attached hydrogens (tertiary/aromatic N) is 2. The Hall–Kier alpha value is -2.71. The average molecular weight is 386 g/mol. The summed E-state index contributed by atoms with van der Waals surface area (Å²) in [6.45, 7) is 2.44. The minimum absolute atomic E-state index is 0.0264. The van der Waals surface area contributed by atoms with Gasteiger partial charge in [-0.05, 0) is 49.6 Å². The van der Waals surface area contributed by atoms with Crippen LogP contribution in [0.5, 0.6) is 0 Å². The minimum atomic E-state index is -3.68. The van der Waals surface area contributed by atoms with E-state index in [9.17, 15) is 13.2 Å². The van der Waals surface area contributed by atoms with E-state index in [0.717, 1.165) is 22.6 Å². The van der Waals surface area contributed by atoms with Crippen LogP contribution < -0.4 is 10.5 Å². The molecule has 8 heteroatoms. The summed E-state index contributed by atoms with van der Waals surface area (Å²) in [5, 5.41) is 7.97. The molecular weight excluding hydrogens is 364 g/mol. The van der Waals surface area contributed by atoms with Crippen molar-refractivity contribution in [3.8, 4) is 0 Å². The summed E-state index contributed by atoms with van der Waals surface area (Å²) in [6.07, 6.45) is 3.57. The number of aryl methyl sites for hydroxylation is 2. The second kappa shape index (κ2) is 7.89. The van der Waals surface area contributed by atoms with Crippen LogP contribution in [-0.2, 0) is 27.7 Å². The molecular formula is C19H22N4O3S. The maximum absolute atomic E-state index is 12.1. The number of fused-ring (bicyclic) bond motifs is 1. The number of carbonyl (C=O) groups excluding carboxylic acids is 1. The van der Waals surface area contributed by atoms with Crippen LogP contribution in [0.1, 0.15) is 23.4 Å². The molecule has 0 bridgehead atoms. The van der Waals surface area contributed by atoms with Gasteiger partial charge < -0.3 is 9.72 Å².